The van der Waals surface area contributed by atoms with Gasteiger partial charge >= 0.3 is 11.9 Å². The summed E-state index contributed by atoms with van der Waals surface area (Å²) in [6.45, 7) is 4.00. The van der Waals surface area contributed by atoms with Gasteiger partial charge < -0.3 is 0 Å². The Balaban J connectivity index is 1.83. The lowest BCUT2D eigenvalue weighted by Crippen LogP contribution is -2.23. The van der Waals surface area contributed by atoms with Crippen molar-refractivity contribution in [1.82, 2.24) is 19.2 Å². The summed E-state index contributed by atoms with van der Waals surface area (Å²) in [6, 6.07) is 14.0. The number of benzene rings is 2. The van der Waals surface area contributed by atoms with Crippen molar-refractivity contribution in [3.05, 3.63) is 87.5 Å². The lowest BCUT2D eigenvalue weighted by molar-refractivity contribution is -0.137. The molecule has 4 aromatic rings. The summed E-state index contributed by atoms with van der Waals surface area (Å²) in [6.07, 6.45) is -4.43. The standard InChI is InChI=1S/C21H17F3N4O/c1-13-4-3-5-15(10-13)12-27-20(29)28-18(26-27)11-14(2)25-19(28)16-6-8-17(9-7-16)21(22,23)24/h3-11H,12H2,1-2H3. The molecule has 0 bridgehead atoms. The second-order valence-corrected chi connectivity index (χ2v) is 6.92. The Hall–Kier alpha value is -3.42. The van der Waals surface area contributed by atoms with Crippen molar-refractivity contribution in [3.8, 4) is 11.4 Å². The first-order valence-electron chi connectivity index (χ1n) is 8.93. The Morgan fingerprint density at radius 3 is 2.38 bits per heavy atom. The number of alkyl halides is 3. The van der Waals surface area contributed by atoms with Gasteiger partial charge in [-0.05, 0) is 31.5 Å². The second kappa shape index (κ2) is 6.88. The average molecular weight is 398 g/mol. The van der Waals surface area contributed by atoms with E-state index in [-0.39, 0.29) is 12.4 Å². The molecular weight excluding hydrogens is 381 g/mol. The molecule has 0 unspecified atom stereocenters. The van der Waals surface area contributed by atoms with Gasteiger partial charge in [0.25, 0.3) is 0 Å². The zero-order chi connectivity index (χ0) is 20.8. The van der Waals surface area contributed by atoms with Crippen molar-refractivity contribution in [1.29, 1.82) is 0 Å². The molecule has 0 aliphatic heterocycles. The molecule has 0 radical (unpaired) electrons. The average Bonchev–Trinajstić information content (AvgIpc) is 2.96. The molecule has 0 atom stereocenters. The summed E-state index contributed by atoms with van der Waals surface area (Å²) >= 11 is 0. The molecule has 0 saturated carbocycles. The molecule has 0 spiro atoms. The molecule has 0 aliphatic rings. The van der Waals surface area contributed by atoms with Crippen LogP contribution in [0.15, 0.2) is 59.4 Å². The maximum Gasteiger partial charge on any atom is 0.416 e. The van der Waals surface area contributed by atoms with Crippen LogP contribution in [0.5, 0.6) is 0 Å². The summed E-state index contributed by atoms with van der Waals surface area (Å²) < 4.78 is 41.2. The van der Waals surface area contributed by atoms with Gasteiger partial charge in [-0.1, -0.05) is 42.0 Å². The second-order valence-electron chi connectivity index (χ2n) is 6.92. The number of aromatic nitrogens is 4. The van der Waals surface area contributed by atoms with Gasteiger partial charge in [0, 0.05) is 17.3 Å². The van der Waals surface area contributed by atoms with Crippen molar-refractivity contribution in [2.45, 2.75) is 26.6 Å². The Bertz CT molecular complexity index is 1250. The van der Waals surface area contributed by atoms with E-state index in [1.165, 1.54) is 21.2 Å². The molecule has 0 saturated heterocycles. The quantitative estimate of drug-likeness (QED) is 0.519. The SMILES string of the molecule is Cc1cccc(Cn2nc3cc(C)nc(-c4ccc(C(F)(F)F)cc4)n3c2=O)c1. The lowest BCUT2D eigenvalue weighted by atomic mass is 10.1. The fourth-order valence-corrected chi connectivity index (χ4v) is 3.24. The van der Waals surface area contributed by atoms with Gasteiger partial charge in [-0.25, -0.2) is 18.9 Å². The molecule has 0 amide bonds. The van der Waals surface area contributed by atoms with E-state index in [2.05, 4.69) is 10.1 Å². The maximum absolute atomic E-state index is 13.0. The van der Waals surface area contributed by atoms with E-state index in [0.717, 1.165) is 23.3 Å². The lowest BCUT2D eigenvalue weighted by Gasteiger charge is -2.08. The summed E-state index contributed by atoms with van der Waals surface area (Å²) in [5.74, 6) is 0.259. The molecule has 5 nitrogen and oxygen atoms in total. The maximum atomic E-state index is 13.0. The molecular formula is C21H17F3N4O. The molecule has 8 heteroatoms. The van der Waals surface area contributed by atoms with Crippen LogP contribution in [0.25, 0.3) is 17.0 Å². The first kappa shape index (κ1) is 18.9. The number of aryl methyl sites for hydroxylation is 2. The van der Waals surface area contributed by atoms with Crippen molar-refractivity contribution >= 4 is 5.65 Å². The van der Waals surface area contributed by atoms with Gasteiger partial charge in [-0.15, -0.1) is 5.10 Å². The zero-order valence-electron chi connectivity index (χ0n) is 15.7. The van der Waals surface area contributed by atoms with E-state index >= 15 is 0 Å². The number of nitrogens with zero attached hydrogens (tertiary/aromatic N) is 4. The van der Waals surface area contributed by atoms with Crippen LogP contribution in [-0.2, 0) is 12.7 Å². The van der Waals surface area contributed by atoms with Crippen LogP contribution in [0, 0.1) is 13.8 Å². The zero-order valence-corrected chi connectivity index (χ0v) is 15.7. The summed E-state index contributed by atoms with van der Waals surface area (Å²) in [5, 5.41) is 4.39. The Labute approximate surface area is 164 Å². The fraction of sp³-hybridized carbons (Fsp3) is 0.190. The largest absolute Gasteiger partial charge is 0.416 e. The van der Waals surface area contributed by atoms with Crippen LogP contribution in [0.1, 0.15) is 22.4 Å². The van der Waals surface area contributed by atoms with Crippen LogP contribution < -0.4 is 5.69 Å². The summed E-state index contributed by atoms with van der Waals surface area (Å²) in [7, 11) is 0. The van der Waals surface area contributed by atoms with Crippen molar-refractivity contribution < 1.29 is 13.2 Å². The highest BCUT2D eigenvalue weighted by molar-refractivity contribution is 5.60. The molecule has 2 aromatic carbocycles. The monoisotopic (exact) mass is 398 g/mol. The van der Waals surface area contributed by atoms with Crippen LogP contribution in [-0.4, -0.2) is 19.2 Å². The normalized spacial score (nSPS) is 11.9. The van der Waals surface area contributed by atoms with Crippen LogP contribution >= 0.6 is 0 Å². The molecule has 0 N–H and O–H groups in total. The minimum absolute atomic E-state index is 0.259. The smallest absolute Gasteiger partial charge is 0.245 e. The number of hydrogen-bond donors (Lipinski definition) is 0. The van der Waals surface area contributed by atoms with Gasteiger partial charge in [0.2, 0.25) is 0 Å². The van der Waals surface area contributed by atoms with E-state index in [4.69, 9.17) is 0 Å². The van der Waals surface area contributed by atoms with E-state index < -0.39 is 17.4 Å². The van der Waals surface area contributed by atoms with Crippen LogP contribution in [0.2, 0.25) is 0 Å². The molecule has 29 heavy (non-hydrogen) atoms. The molecule has 0 fully saturated rings. The van der Waals surface area contributed by atoms with E-state index in [9.17, 15) is 18.0 Å². The van der Waals surface area contributed by atoms with Gasteiger partial charge in [0.15, 0.2) is 5.65 Å². The first-order chi connectivity index (χ1) is 13.7. The fourth-order valence-electron chi connectivity index (χ4n) is 3.24. The summed E-state index contributed by atoms with van der Waals surface area (Å²) in [5.41, 5.74) is 2.25. The van der Waals surface area contributed by atoms with Crippen LogP contribution in [0.3, 0.4) is 0 Å². The molecule has 2 aromatic heterocycles. The van der Waals surface area contributed by atoms with E-state index in [0.29, 0.717) is 16.9 Å². The summed E-state index contributed by atoms with van der Waals surface area (Å²) in [4.78, 5) is 17.4. The number of fused-ring (bicyclic) bond motifs is 1. The Kier molecular flexibility index (Phi) is 4.49. The van der Waals surface area contributed by atoms with Crippen LogP contribution in [0.4, 0.5) is 13.2 Å². The highest BCUT2D eigenvalue weighted by Gasteiger charge is 2.30. The van der Waals surface area contributed by atoms with E-state index in [1.54, 1.807) is 13.0 Å². The van der Waals surface area contributed by atoms with E-state index in [1.807, 2.05) is 31.2 Å². The number of halogens is 3. The first-order valence-corrected chi connectivity index (χ1v) is 8.93. The van der Waals surface area contributed by atoms with Gasteiger partial charge in [-0.3, -0.25) is 0 Å². The molecule has 0 aliphatic carbocycles. The van der Waals surface area contributed by atoms with Gasteiger partial charge in [0.05, 0.1) is 12.1 Å². The minimum atomic E-state index is -4.43. The third-order valence-electron chi connectivity index (χ3n) is 4.58. The Morgan fingerprint density at radius 1 is 1.00 bits per heavy atom. The predicted octanol–water partition coefficient (Wildman–Crippen LogP) is 4.24. The molecule has 2 heterocycles. The van der Waals surface area contributed by atoms with Gasteiger partial charge in [0.1, 0.15) is 5.82 Å². The van der Waals surface area contributed by atoms with Crippen molar-refractivity contribution in [2.24, 2.45) is 0 Å². The molecule has 148 valence electrons. The number of rotatable bonds is 3. The minimum Gasteiger partial charge on any atom is -0.245 e. The van der Waals surface area contributed by atoms with Crippen molar-refractivity contribution in [3.63, 3.8) is 0 Å². The third kappa shape index (κ3) is 3.65. The highest BCUT2D eigenvalue weighted by atomic mass is 19.4. The Morgan fingerprint density at radius 2 is 1.72 bits per heavy atom. The number of hydrogen-bond acceptors (Lipinski definition) is 3. The third-order valence-corrected chi connectivity index (χ3v) is 4.58. The predicted molar refractivity (Wildman–Crippen MR) is 103 cm³/mol. The molecule has 4 rings (SSSR count). The topological polar surface area (TPSA) is 52.2 Å². The highest BCUT2D eigenvalue weighted by Crippen LogP contribution is 2.30. The van der Waals surface area contributed by atoms with Gasteiger partial charge in [-0.2, -0.15) is 13.2 Å². The van der Waals surface area contributed by atoms with Crippen molar-refractivity contribution in [2.75, 3.05) is 0 Å².